The van der Waals surface area contributed by atoms with Gasteiger partial charge in [-0.1, -0.05) is 98.9 Å². The SMILES string of the molecule is CC12CCC3C(=CCc4cc(O)ccc43)C1CCC2=O.Cc1c2oc3c(C)ccc(C(=O)NC4C(=O)NC(C(C)C)C(=O)C5CCCC5C(=O)N(C)CC(=O)N(C)C(C(C)C)C(=O)OC4C)c3nc-2c(C(=O)NC2C(=O)NC(C(C)C)C(=O)C3CCCC3C(=O)N(C)CC(=O)N(C)C(C(C)C)C(=O)OC2C)c(N)c1=O. The van der Waals surface area contributed by atoms with Crippen LogP contribution in [-0.2, 0) is 68.6 Å². The molecule has 11 rings (SSSR count). The number of hydrogen-bond donors (Lipinski definition) is 6. The summed E-state index contributed by atoms with van der Waals surface area (Å²) in [6.45, 7) is 20.5. The molecule has 0 bridgehead atoms. The lowest BCUT2D eigenvalue weighted by molar-refractivity contribution is -0.163. The van der Waals surface area contributed by atoms with Gasteiger partial charge in [0, 0.05) is 75.2 Å². The molecule has 2 aromatic carbocycles. The van der Waals surface area contributed by atoms with Crippen LogP contribution >= 0.6 is 0 Å². The van der Waals surface area contributed by atoms with Gasteiger partial charge in [-0.2, -0.15) is 0 Å². The van der Waals surface area contributed by atoms with Gasteiger partial charge in [0.15, 0.2) is 22.9 Å². The van der Waals surface area contributed by atoms with Crippen molar-refractivity contribution in [3.63, 3.8) is 0 Å². The van der Waals surface area contributed by atoms with E-state index in [-0.39, 0.29) is 39.1 Å². The lowest BCUT2D eigenvalue weighted by atomic mass is 9.60. The van der Waals surface area contributed by atoms with Crippen molar-refractivity contribution < 1.29 is 81.3 Å². The van der Waals surface area contributed by atoms with E-state index < -0.39 is 196 Å². The van der Waals surface area contributed by atoms with Crippen LogP contribution < -0.4 is 32.4 Å². The number of esters is 2. The first-order chi connectivity index (χ1) is 51.7. The van der Waals surface area contributed by atoms with Gasteiger partial charge in [0.25, 0.3) is 11.8 Å². The van der Waals surface area contributed by atoms with E-state index >= 15 is 9.59 Å². The quantitative estimate of drug-likeness (QED) is 0.0477. The average Bonchev–Trinajstić information content (AvgIpc) is 1.22. The molecule has 3 aliphatic heterocycles. The van der Waals surface area contributed by atoms with Gasteiger partial charge in [0.05, 0.1) is 42.0 Å². The number of aromatic hydroxyl groups is 1. The molecule has 15 atom stereocenters. The summed E-state index contributed by atoms with van der Waals surface area (Å²) in [6.07, 6.45) is 6.46. The number of Topliss-reactive ketones (excluding diaryl/α,β-unsaturated/α-hetero) is 3. The second-order valence-electron chi connectivity index (χ2n) is 33.1. The van der Waals surface area contributed by atoms with Crippen LogP contribution in [-0.4, -0.2) is 196 Å². The van der Waals surface area contributed by atoms with Crippen molar-refractivity contribution in [3.05, 3.63) is 85.6 Å². The Morgan fingerprint density at radius 1 is 0.645 bits per heavy atom. The number of amides is 8. The van der Waals surface area contributed by atoms with Crippen LogP contribution in [0.5, 0.6) is 5.75 Å². The number of allylic oxidation sites excluding steroid dienone is 2. The number of anilines is 1. The van der Waals surface area contributed by atoms with Crippen molar-refractivity contribution in [1.29, 1.82) is 0 Å². The topological polar surface area (TPSA) is 391 Å². The maximum Gasteiger partial charge on any atom is 0.329 e. The summed E-state index contributed by atoms with van der Waals surface area (Å²) in [6, 6.07) is 0.0705. The number of hydrogen-bond acceptors (Lipinski definition) is 20. The van der Waals surface area contributed by atoms with Crippen LogP contribution in [0.4, 0.5) is 5.69 Å². The fourth-order valence-electron chi connectivity index (χ4n) is 17.9. The van der Waals surface area contributed by atoms with Gasteiger partial charge >= 0.3 is 11.9 Å². The second kappa shape index (κ2) is 33.0. The molecular formula is C82H108N10O18. The fourth-order valence-corrected chi connectivity index (χ4v) is 17.9. The zero-order chi connectivity index (χ0) is 80.9. The number of carbonyl (C=O) groups excluding carboxylic acids is 13. The smallest absolute Gasteiger partial charge is 0.329 e. The Hall–Kier alpha value is -9.89. The van der Waals surface area contributed by atoms with Crippen molar-refractivity contribution in [2.75, 3.05) is 47.0 Å². The Balaban J connectivity index is 0.000000547. The van der Waals surface area contributed by atoms with Crippen molar-refractivity contribution in [2.45, 2.75) is 215 Å². The number of ketones is 3. The predicted molar refractivity (Wildman–Crippen MR) is 405 cm³/mol. The monoisotopic (exact) mass is 1520 g/mol. The normalized spacial score (nSPS) is 29.1. The van der Waals surface area contributed by atoms with Crippen molar-refractivity contribution in [2.24, 2.45) is 58.7 Å². The van der Waals surface area contributed by atoms with E-state index in [4.69, 9.17) is 24.6 Å². The highest BCUT2D eigenvalue weighted by Gasteiger charge is 2.53. The minimum Gasteiger partial charge on any atom is -0.508 e. The molecule has 6 fully saturated rings. The minimum absolute atomic E-state index is 0.0668. The van der Waals surface area contributed by atoms with Gasteiger partial charge in [-0.25, -0.2) is 14.6 Å². The number of likely N-dealkylation sites (N-methyl/N-ethyl adjacent to an activating group) is 4. The zero-order valence-electron chi connectivity index (χ0n) is 66.2. The first kappa shape index (κ1) is 82.6. The van der Waals surface area contributed by atoms with Crippen molar-refractivity contribution in [1.82, 2.24) is 45.9 Å². The number of aryl methyl sites for hydroxylation is 1. The number of phenols is 1. The molecule has 3 heterocycles. The number of nitrogens with one attached hydrogen (secondary N) is 4. The Morgan fingerprint density at radius 3 is 1.63 bits per heavy atom. The summed E-state index contributed by atoms with van der Waals surface area (Å²) < 4.78 is 18.3. The van der Waals surface area contributed by atoms with E-state index in [1.807, 2.05) is 6.07 Å². The number of nitrogens with zero attached hydrogens (tertiary/aromatic N) is 5. The van der Waals surface area contributed by atoms with Crippen LogP contribution in [0, 0.1) is 72.5 Å². The summed E-state index contributed by atoms with van der Waals surface area (Å²) in [4.78, 5) is 209. The number of ether oxygens (including phenoxy) is 2. The molecule has 0 radical (unpaired) electrons. The first-order valence-corrected chi connectivity index (χ1v) is 38.6. The third-order valence-electron chi connectivity index (χ3n) is 24.2. The molecule has 0 spiro atoms. The standard InChI is InChI=1S/C64H88N10O16.C18H20O2/c1-27(2)44-53(78)35-19-17-21-37(35)61(84)71(13)25-40(75)73(15)50(29(5)6)63(86)88-33(11)46(59(82)67-44)69-57(80)39-24-23-31(9)55-48(39)66-49-42(43(65)52(77)32(10)56(49)90-55)58(81)70-47-34(12)89-64(87)51(30(7)8)74(16)41(76)26-72(14)62(85)38-22-18-20-36(38)54(79)45(28(3)4)68-60(47)83;1-18-9-8-14-13-5-3-12(19)10-11(13)2-4-15(14)16(18)6-7-17(18)20/h23-24,27-30,33-38,44-47,50-51H,17-22,25-26,65H2,1-16H3,(H,67,82)(H,68,83)(H,69,80)(H,70,81);3-5,10,14,16,19H,2,6-9H2,1H3. The molecule has 6 aliphatic carbocycles. The molecule has 2 saturated heterocycles. The molecule has 7 N–H and O–H groups in total. The largest absolute Gasteiger partial charge is 0.508 e. The van der Waals surface area contributed by atoms with E-state index in [9.17, 15) is 62.6 Å². The highest BCUT2D eigenvalue weighted by Crippen LogP contribution is 2.58. The lowest BCUT2D eigenvalue weighted by Crippen LogP contribution is -2.59. The van der Waals surface area contributed by atoms with Crippen LogP contribution in [0.1, 0.15) is 189 Å². The lowest BCUT2D eigenvalue weighted by Gasteiger charge is -2.43. The average molecular weight is 1520 g/mol. The number of nitrogen functional groups attached to an aromatic ring is 1. The maximum absolute atomic E-state index is 15.2. The van der Waals surface area contributed by atoms with Crippen LogP contribution in [0.3, 0.4) is 0 Å². The van der Waals surface area contributed by atoms with E-state index in [1.165, 1.54) is 87.6 Å². The van der Waals surface area contributed by atoms with Gasteiger partial charge < -0.3 is 65.6 Å². The van der Waals surface area contributed by atoms with E-state index in [0.29, 0.717) is 67.5 Å². The molecule has 9 aliphatic rings. The van der Waals surface area contributed by atoms with Gasteiger partial charge in [0.2, 0.25) is 40.9 Å². The Bertz CT molecular complexity index is 4440. The first-order valence-electron chi connectivity index (χ1n) is 38.6. The molecular weight excluding hydrogens is 1410 g/mol. The highest BCUT2D eigenvalue weighted by molar-refractivity contribution is 6.11. The van der Waals surface area contributed by atoms with Gasteiger partial charge in [-0.15, -0.1) is 0 Å². The minimum atomic E-state index is -1.86. The number of rotatable bonds is 8. The summed E-state index contributed by atoms with van der Waals surface area (Å²) in [5.41, 5.74) is 7.70. The molecule has 2 aromatic rings. The molecule has 0 aromatic heterocycles. The number of phenolic OH excluding ortho intramolecular Hbond substituents is 1. The Morgan fingerprint density at radius 2 is 1.14 bits per heavy atom. The Kier molecular flexibility index (Phi) is 24.8. The van der Waals surface area contributed by atoms with Crippen LogP contribution in [0.25, 0.3) is 22.6 Å². The predicted octanol–water partition coefficient (Wildman–Crippen LogP) is 6.45. The molecule has 28 nitrogen and oxygen atoms in total. The number of nitrogens with two attached hydrogens (primary N) is 1. The zero-order valence-corrected chi connectivity index (χ0v) is 66.2. The van der Waals surface area contributed by atoms with E-state index in [0.717, 1.165) is 41.9 Å². The highest BCUT2D eigenvalue weighted by atomic mass is 16.6. The van der Waals surface area contributed by atoms with Crippen molar-refractivity contribution in [3.8, 4) is 17.2 Å². The summed E-state index contributed by atoms with van der Waals surface area (Å²) >= 11 is 0. The fraction of sp³-hybridized carbons (Fsp3) is 0.598. The van der Waals surface area contributed by atoms with Crippen LogP contribution in [0.2, 0.25) is 0 Å². The van der Waals surface area contributed by atoms with Gasteiger partial charge in [0.1, 0.15) is 59.1 Å². The summed E-state index contributed by atoms with van der Waals surface area (Å²) in [5.74, 6) is -13.1. The van der Waals surface area contributed by atoms with Crippen LogP contribution in [0.15, 0.2) is 51.2 Å². The summed E-state index contributed by atoms with van der Waals surface area (Å²) in [5, 5.41) is 20.4. The Labute approximate surface area is 641 Å². The molecule has 110 heavy (non-hydrogen) atoms. The second-order valence-corrected chi connectivity index (χ2v) is 33.1. The maximum atomic E-state index is 15.2. The number of cyclic esters (lactones) is 2. The van der Waals surface area contributed by atoms with E-state index in [2.05, 4.69) is 40.3 Å². The third-order valence-corrected chi connectivity index (χ3v) is 24.2. The molecule has 8 amide bonds. The number of aromatic nitrogens is 1. The third kappa shape index (κ3) is 16.0. The molecule has 4 saturated carbocycles. The number of benzene rings is 3. The van der Waals surface area contributed by atoms with Gasteiger partial charge in [-0.05, 0) is 144 Å². The molecule has 594 valence electrons. The molecule has 28 heteroatoms. The number of carbonyl (C=O) groups is 13. The summed E-state index contributed by atoms with van der Waals surface area (Å²) in [7, 11) is 5.66. The van der Waals surface area contributed by atoms with E-state index in [1.54, 1.807) is 68.4 Å². The number of fused-ring (bicyclic) bond motifs is 9. The molecule has 15 unspecified atom stereocenters. The van der Waals surface area contributed by atoms with Crippen molar-refractivity contribution >= 4 is 93.3 Å². The van der Waals surface area contributed by atoms with Gasteiger partial charge in [-0.3, -0.25) is 57.5 Å².